The second kappa shape index (κ2) is 6.37. The average Bonchev–Trinajstić information content (AvgIpc) is 2.88. The second-order valence-electron chi connectivity index (χ2n) is 3.70. The van der Waals surface area contributed by atoms with Crippen molar-refractivity contribution in [1.29, 1.82) is 0 Å². The molecule has 90 valence electrons. The van der Waals surface area contributed by atoms with Crippen molar-refractivity contribution in [2.75, 3.05) is 13.7 Å². The van der Waals surface area contributed by atoms with Crippen molar-refractivity contribution >= 4 is 11.3 Å². The van der Waals surface area contributed by atoms with Gasteiger partial charge < -0.3 is 10.1 Å². The molecule has 1 aromatic carbocycles. The van der Waals surface area contributed by atoms with Crippen molar-refractivity contribution in [2.24, 2.45) is 0 Å². The third-order valence-corrected chi connectivity index (χ3v) is 3.29. The summed E-state index contributed by atoms with van der Waals surface area (Å²) in [7, 11) is 1.69. The van der Waals surface area contributed by atoms with Crippen molar-refractivity contribution < 1.29 is 4.74 Å². The lowest BCUT2D eigenvalue weighted by molar-refractivity contribution is 0.414. The van der Waals surface area contributed by atoms with E-state index < -0.39 is 0 Å². The Labute approximate surface area is 105 Å². The predicted molar refractivity (Wildman–Crippen MR) is 70.5 cm³/mol. The molecule has 0 saturated heterocycles. The van der Waals surface area contributed by atoms with E-state index in [9.17, 15) is 0 Å². The highest BCUT2D eigenvalue weighted by Crippen LogP contribution is 2.11. The van der Waals surface area contributed by atoms with Gasteiger partial charge in [-0.15, -0.1) is 11.3 Å². The van der Waals surface area contributed by atoms with Crippen LogP contribution < -0.4 is 10.1 Å². The molecule has 0 spiro atoms. The summed E-state index contributed by atoms with van der Waals surface area (Å²) in [6, 6.07) is 8.19. The van der Waals surface area contributed by atoms with E-state index in [1.54, 1.807) is 18.4 Å². The van der Waals surface area contributed by atoms with Crippen LogP contribution in [0, 0.1) is 0 Å². The standard InChI is InChI=1S/C13H16N2OS/c1-16-12-4-2-11(3-5-12)6-7-14-10-13-15-8-9-17-13/h2-5,8-9,14H,6-7,10H2,1H3. The van der Waals surface area contributed by atoms with E-state index >= 15 is 0 Å². The molecule has 4 heteroatoms. The molecule has 17 heavy (non-hydrogen) atoms. The number of methoxy groups -OCH3 is 1. The van der Waals surface area contributed by atoms with Crippen LogP contribution in [0.25, 0.3) is 0 Å². The number of nitrogens with zero attached hydrogens (tertiary/aromatic N) is 1. The van der Waals surface area contributed by atoms with Crippen molar-refractivity contribution in [3.63, 3.8) is 0 Å². The largest absolute Gasteiger partial charge is 0.497 e. The van der Waals surface area contributed by atoms with Gasteiger partial charge in [0, 0.05) is 18.1 Å². The maximum absolute atomic E-state index is 5.12. The number of ether oxygens (including phenoxy) is 1. The molecule has 0 radical (unpaired) electrons. The van der Waals surface area contributed by atoms with Crippen LogP contribution in [0.1, 0.15) is 10.6 Å². The summed E-state index contributed by atoms with van der Waals surface area (Å²) < 4.78 is 5.12. The lowest BCUT2D eigenvalue weighted by atomic mass is 10.1. The molecule has 1 aromatic heterocycles. The second-order valence-corrected chi connectivity index (χ2v) is 4.68. The van der Waals surface area contributed by atoms with E-state index in [0.29, 0.717) is 0 Å². The highest BCUT2D eigenvalue weighted by atomic mass is 32.1. The Balaban J connectivity index is 1.70. The highest BCUT2D eigenvalue weighted by molar-refractivity contribution is 7.09. The first-order chi connectivity index (χ1) is 8.38. The third-order valence-electron chi connectivity index (χ3n) is 2.51. The van der Waals surface area contributed by atoms with Crippen LogP contribution in [-0.4, -0.2) is 18.6 Å². The number of nitrogens with one attached hydrogen (secondary N) is 1. The summed E-state index contributed by atoms with van der Waals surface area (Å²) >= 11 is 1.68. The van der Waals surface area contributed by atoms with Gasteiger partial charge >= 0.3 is 0 Å². The number of thiazole rings is 1. The van der Waals surface area contributed by atoms with Crippen LogP contribution in [-0.2, 0) is 13.0 Å². The van der Waals surface area contributed by atoms with Crippen LogP contribution in [0.3, 0.4) is 0 Å². The Morgan fingerprint density at radius 3 is 2.76 bits per heavy atom. The molecule has 0 bridgehead atoms. The summed E-state index contributed by atoms with van der Waals surface area (Å²) in [6.45, 7) is 1.82. The van der Waals surface area contributed by atoms with Gasteiger partial charge in [-0.3, -0.25) is 0 Å². The maximum Gasteiger partial charge on any atom is 0.118 e. The molecule has 2 rings (SSSR count). The van der Waals surface area contributed by atoms with Gasteiger partial charge in [-0.25, -0.2) is 4.98 Å². The summed E-state index contributed by atoms with van der Waals surface area (Å²) in [5, 5.41) is 6.52. The molecule has 0 aliphatic rings. The predicted octanol–water partition coefficient (Wildman–Crippen LogP) is 2.48. The Kier molecular flexibility index (Phi) is 4.53. The van der Waals surface area contributed by atoms with E-state index in [0.717, 1.165) is 30.3 Å². The molecule has 0 saturated carbocycles. The van der Waals surface area contributed by atoms with Gasteiger partial charge in [0.2, 0.25) is 0 Å². The minimum Gasteiger partial charge on any atom is -0.497 e. The zero-order valence-corrected chi connectivity index (χ0v) is 10.7. The fraction of sp³-hybridized carbons (Fsp3) is 0.308. The van der Waals surface area contributed by atoms with Gasteiger partial charge in [0.05, 0.1) is 7.11 Å². The van der Waals surface area contributed by atoms with Gasteiger partial charge in [0.15, 0.2) is 0 Å². The van der Waals surface area contributed by atoms with Gasteiger partial charge in [-0.2, -0.15) is 0 Å². The molecule has 1 heterocycles. The van der Waals surface area contributed by atoms with E-state index in [-0.39, 0.29) is 0 Å². The van der Waals surface area contributed by atoms with Crippen molar-refractivity contribution in [2.45, 2.75) is 13.0 Å². The molecule has 3 nitrogen and oxygen atoms in total. The van der Waals surface area contributed by atoms with E-state index in [1.807, 2.05) is 23.7 Å². The van der Waals surface area contributed by atoms with E-state index in [2.05, 4.69) is 22.4 Å². The monoisotopic (exact) mass is 248 g/mol. The van der Waals surface area contributed by atoms with Crippen LogP contribution >= 0.6 is 11.3 Å². The fourth-order valence-electron chi connectivity index (χ4n) is 1.56. The molecule has 0 fully saturated rings. The quantitative estimate of drug-likeness (QED) is 0.797. The SMILES string of the molecule is COc1ccc(CCNCc2nccs2)cc1. The van der Waals surface area contributed by atoms with Crippen LogP contribution in [0.4, 0.5) is 0 Å². The van der Waals surface area contributed by atoms with E-state index in [4.69, 9.17) is 4.74 Å². The number of aromatic nitrogens is 1. The minimum absolute atomic E-state index is 0.855. The zero-order valence-electron chi connectivity index (χ0n) is 9.85. The van der Waals surface area contributed by atoms with Crippen molar-refractivity contribution in [3.05, 3.63) is 46.4 Å². The van der Waals surface area contributed by atoms with Crippen molar-refractivity contribution in [1.82, 2.24) is 10.3 Å². The molecular weight excluding hydrogens is 232 g/mol. The molecule has 0 unspecified atom stereocenters. The fourth-order valence-corrected chi connectivity index (χ4v) is 2.15. The molecule has 0 aliphatic carbocycles. The number of rotatable bonds is 6. The average molecular weight is 248 g/mol. The number of hydrogen-bond acceptors (Lipinski definition) is 4. The van der Waals surface area contributed by atoms with Crippen LogP contribution in [0.15, 0.2) is 35.8 Å². The lowest BCUT2D eigenvalue weighted by Crippen LogP contribution is -2.16. The molecule has 0 atom stereocenters. The summed E-state index contributed by atoms with van der Waals surface area (Å²) in [5.41, 5.74) is 1.32. The Morgan fingerprint density at radius 1 is 1.29 bits per heavy atom. The first-order valence-electron chi connectivity index (χ1n) is 5.60. The minimum atomic E-state index is 0.855. The van der Waals surface area contributed by atoms with Gasteiger partial charge in [0.1, 0.15) is 10.8 Å². The van der Waals surface area contributed by atoms with Crippen LogP contribution in [0.5, 0.6) is 5.75 Å². The topological polar surface area (TPSA) is 34.1 Å². The molecular formula is C13H16N2OS. The molecule has 2 aromatic rings. The summed E-state index contributed by atoms with van der Waals surface area (Å²) in [4.78, 5) is 4.22. The number of hydrogen-bond donors (Lipinski definition) is 1. The highest BCUT2D eigenvalue weighted by Gasteiger charge is 1.96. The number of benzene rings is 1. The van der Waals surface area contributed by atoms with Crippen LogP contribution in [0.2, 0.25) is 0 Å². The molecule has 0 amide bonds. The Morgan fingerprint density at radius 2 is 2.12 bits per heavy atom. The Bertz CT molecular complexity index is 425. The van der Waals surface area contributed by atoms with Crippen molar-refractivity contribution in [3.8, 4) is 5.75 Å². The summed E-state index contributed by atoms with van der Waals surface area (Å²) in [6.07, 6.45) is 2.86. The van der Waals surface area contributed by atoms with E-state index in [1.165, 1.54) is 5.56 Å². The Hall–Kier alpha value is -1.39. The van der Waals surface area contributed by atoms with Gasteiger partial charge in [0.25, 0.3) is 0 Å². The summed E-state index contributed by atoms with van der Waals surface area (Å²) in [5.74, 6) is 0.907. The first-order valence-corrected chi connectivity index (χ1v) is 6.48. The van der Waals surface area contributed by atoms with Gasteiger partial charge in [-0.1, -0.05) is 12.1 Å². The lowest BCUT2D eigenvalue weighted by Gasteiger charge is -2.04. The van der Waals surface area contributed by atoms with Gasteiger partial charge in [-0.05, 0) is 30.7 Å². The molecule has 0 aliphatic heterocycles. The third kappa shape index (κ3) is 3.84. The smallest absolute Gasteiger partial charge is 0.118 e. The normalized spacial score (nSPS) is 10.4. The first kappa shape index (κ1) is 12.1. The molecule has 1 N–H and O–H groups in total. The zero-order chi connectivity index (χ0) is 11.9. The maximum atomic E-state index is 5.12.